The molecule has 2 amide bonds. The molecule has 0 atom stereocenters. The minimum Gasteiger partial charge on any atom is -0.489 e. The lowest BCUT2D eigenvalue weighted by Gasteiger charge is -2.06. The highest BCUT2D eigenvalue weighted by Crippen LogP contribution is 2.16. The van der Waals surface area contributed by atoms with Crippen molar-refractivity contribution in [3.8, 4) is 5.75 Å². The summed E-state index contributed by atoms with van der Waals surface area (Å²) < 4.78 is 19.2. The van der Waals surface area contributed by atoms with Crippen LogP contribution in [0.5, 0.6) is 5.75 Å². The Labute approximate surface area is 194 Å². The quantitative estimate of drug-likeness (QED) is 0.265. The van der Waals surface area contributed by atoms with E-state index in [4.69, 9.17) is 4.74 Å². The van der Waals surface area contributed by atoms with Crippen molar-refractivity contribution in [1.29, 1.82) is 0 Å². The third-order valence-corrected chi connectivity index (χ3v) is 4.56. The van der Waals surface area contributed by atoms with Gasteiger partial charge in [-0.3, -0.25) is 19.7 Å². The lowest BCUT2D eigenvalue weighted by Crippen LogP contribution is -2.20. The molecule has 3 rings (SSSR count). The molecule has 0 radical (unpaired) electrons. The van der Waals surface area contributed by atoms with Gasteiger partial charge in [0.1, 0.15) is 18.2 Å². The smallest absolute Gasteiger partial charge is 0.269 e. The third kappa shape index (κ3) is 7.52. The molecule has 0 aromatic heterocycles. The highest BCUT2D eigenvalue weighted by Gasteiger charge is 2.09. The normalized spacial score (nSPS) is 10.6. The molecular weight excluding hydrogens is 443 g/mol. The number of nitrogens with zero attached hydrogens (tertiary/aromatic N) is 2. The molecule has 0 saturated heterocycles. The summed E-state index contributed by atoms with van der Waals surface area (Å²) in [4.78, 5) is 33.9. The predicted molar refractivity (Wildman–Crippen MR) is 124 cm³/mol. The Morgan fingerprint density at radius 1 is 0.971 bits per heavy atom. The van der Waals surface area contributed by atoms with E-state index in [0.29, 0.717) is 11.3 Å². The van der Waals surface area contributed by atoms with E-state index in [-0.39, 0.29) is 30.8 Å². The highest BCUT2D eigenvalue weighted by molar-refractivity contribution is 5.93. The molecule has 0 aliphatic heterocycles. The second-order valence-corrected chi connectivity index (χ2v) is 7.10. The van der Waals surface area contributed by atoms with E-state index in [1.54, 1.807) is 42.5 Å². The summed E-state index contributed by atoms with van der Waals surface area (Å²) >= 11 is 0. The van der Waals surface area contributed by atoms with Gasteiger partial charge in [0.05, 0.1) is 16.8 Å². The first-order chi connectivity index (χ1) is 16.4. The third-order valence-electron chi connectivity index (χ3n) is 4.56. The van der Waals surface area contributed by atoms with Crippen LogP contribution in [0.4, 0.5) is 15.8 Å². The largest absolute Gasteiger partial charge is 0.489 e. The summed E-state index contributed by atoms with van der Waals surface area (Å²) in [6, 6.07) is 18.8. The average Bonchev–Trinajstić information content (AvgIpc) is 2.84. The summed E-state index contributed by atoms with van der Waals surface area (Å²) in [6.45, 7) is 0.256. The number of hydrogen-bond donors (Lipinski definition) is 2. The van der Waals surface area contributed by atoms with E-state index in [1.165, 1.54) is 36.5 Å². The highest BCUT2D eigenvalue weighted by atomic mass is 19.1. The average molecular weight is 464 g/mol. The maximum atomic E-state index is 13.5. The summed E-state index contributed by atoms with van der Waals surface area (Å²) in [7, 11) is 0. The second-order valence-electron chi connectivity index (χ2n) is 7.10. The number of nitrogens with one attached hydrogen (secondary N) is 2. The molecule has 10 heteroatoms. The number of rotatable bonds is 10. The minimum atomic E-state index is -0.548. The maximum absolute atomic E-state index is 13.5. The van der Waals surface area contributed by atoms with Crippen LogP contribution >= 0.6 is 0 Å². The number of non-ortho nitro benzene ring substituents is 1. The van der Waals surface area contributed by atoms with Gasteiger partial charge in [0.2, 0.25) is 11.8 Å². The first kappa shape index (κ1) is 24.1. The Kier molecular flexibility index (Phi) is 8.39. The predicted octanol–water partition coefficient (Wildman–Crippen LogP) is 4.18. The number of carbonyl (C=O) groups excluding carboxylic acids is 2. The van der Waals surface area contributed by atoms with Gasteiger partial charge in [0.25, 0.3) is 5.69 Å². The molecule has 0 spiro atoms. The number of amides is 2. The summed E-state index contributed by atoms with van der Waals surface area (Å²) in [5.74, 6) is -0.885. The van der Waals surface area contributed by atoms with Crippen LogP contribution in [-0.4, -0.2) is 23.0 Å². The summed E-state index contributed by atoms with van der Waals surface area (Å²) in [5, 5.41) is 16.9. The van der Waals surface area contributed by atoms with E-state index in [2.05, 4.69) is 15.8 Å². The van der Waals surface area contributed by atoms with Crippen LogP contribution < -0.4 is 15.5 Å². The van der Waals surface area contributed by atoms with Gasteiger partial charge in [-0.2, -0.15) is 5.10 Å². The molecule has 2 N–H and O–H groups in total. The van der Waals surface area contributed by atoms with E-state index in [0.717, 1.165) is 5.56 Å². The summed E-state index contributed by atoms with van der Waals surface area (Å²) in [6.07, 6.45) is 1.22. The van der Waals surface area contributed by atoms with Crippen molar-refractivity contribution in [2.24, 2.45) is 5.10 Å². The molecular formula is C24H21FN4O5. The zero-order chi connectivity index (χ0) is 24.3. The molecule has 0 unspecified atom stereocenters. The Balaban J connectivity index is 1.38. The number of ether oxygens (including phenoxy) is 1. The van der Waals surface area contributed by atoms with Crippen molar-refractivity contribution in [2.75, 3.05) is 5.32 Å². The van der Waals surface area contributed by atoms with E-state index < -0.39 is 22.6 Å². The van der Waals surface area contributed by atoms with Crippen LogP contribution in [-0.2, 0) is 16.2 Å². The Bertz CT molecular complexity index is 1180. The molecule has 0 heterocycles. The van der Waals surface area contributed by atoms with Crippen LogP contribution in [0.2, 0.25) is 0 Å². The summed E-state index contributed by atoms with van der Waals surface area (Å²) in [5.41, 5.74) is 3.91. The first-order valence-electron chi connectivity index (χ1n) is 10.2. The van der Waals surface area contributed by atoms with Gasteiger partial charge in [-0.25, -0.2) is 9.82 Å². The van der Waals surface area contributed by atoms with Gasteiger partial charge in [0, 0.05) is 25.0 Å². The fraction of sp³-hybridized carbons (Fsp3) is 0.125. The van der Waals surface area contributed by atoms with Gasteiger partial charge in [0.15, 0.2) is 0 Å². The van der Waals surface area contributed by atoms with Crippen LogP contribution in [0, 0.1) is 15.9 Å². The molecule has 174 valence electrons. The van der Waals surface area contributed by atoms with Crippen LogP contribution in [0.15, 0.2) is 77.9 Å². The van der Waals surface area contributed by atoms with E-state index in [9.17, 15) is 24.1 Å². The fourth-order valence-corrected chi connectivity index (χ4v) is 2.77. The van der Waals surface area contributed by atoms with Crippen molar-refractivity contribution in [2.45, 2.75) is 19.4 Å². The standard InChI is InChI=1S/C24H21FN4O5/c25-21-3-1-2-4-22(21)27-23(30)13-14-24(31)28-26-15-17-7-11-20(12-8-17)34-16-18-5-9-19(10-6-18)29(32)33/h1-12,15H,13-14,16H2,(H,27,30)(H,28,31). The zero-order valence-electron chi connectivity index (χ0n) is 17.9. The number of halogens is 1. The lowest BCUT2D eigenvalue weighted by molar-refractivity contribution is -0.384. The molecule has 0 aliphatic rings. The van der Waals surface area contributed by atoms with Crippen molar-refractivity contribution >= 4 is 29.4 Å². The fourth-order valence-electron chi connectivity index (χ4n) is 2.77. The van der Waals surface area contributed by atoms with E-state index in [1.807, 2.05) is 0 Å². The Hall–Kier alpha value is -4.60. The van der Waals surface area contributed by atoms with Gasteiger partial charge in [-0.15, -0.1) is 0 Å². The number of nitro benzene ring substituents is 1. The molecule has 0 bridgehead atoms. The minimum absolute atomic E-state index is 0.0188. The first-order valence-corrected chi connectivity index (χ1v) is 10.2. The SMILES string of the molecule is O=C(CCC(=O)Nc1ccccc1F)NN=Cc1ccc(OCc2ccc([N+](=O)[O-])cc2)cc1. The van der Waals surface area contributed by atoms with Gasteiger partial charge < -0.3 is 10.1 Å². The topological polar surface area (TPSA) is 123 Å². The number of benzene rings is 3. The van der Waals surface area contributed by atoms with E-state index >= 15 is 0 Å². The number of para-hydroxylation sites is 1. The molecule has 0 saturated carbocycles. The van der Waals surface area contributed by atoms with Crippen molar-refractivity contribution in [1.82, 2.24) is 5.43 Å². The number of anilines is 1. The molecule has 3 aromatic rings. The monoisotopic (exact) mass is 464 g/mol. The molecule has 0 fully saturated rings. The number of carbonyl (C=O) groups is 2. The lowest BCUT2D eigenvalue weighted by atomic mass is 10.2. The van der Waals surface area contributed by atoms with Crippen LogP contribution in [0.25, 0.3) is 0 Å². The van der Waals surface area contributed by atoms with Crippen molar-refractivity contribution in [3.63, 3.8) is 0 Å². The zero-order valence-corrected chi connectivity index (χ0v) is 17.9. The van der Waals surface area contributed by atoms with Gasteiger partial charge in [-0.05, 0) is 59.7 Å². The maximum Gasteiger partial charge on any atom is 0.269 e. The number of nitro groups is 1. The van der Waals surface area contributed by atoms with Gasteiger partial charge >= 0.3 is 0 Å². The molecule has 3 aromatic carbocycles. The van der Waals surface area contributed by atoms with Crippen molar-refractivity contribution in [3.05, 3.63) is 99.9 Å². The van der Waals surface area contributed by atoms with Crippen LogP contribution in [0.1, 0.15) is 24.0 Å². The Morgan fingerprint density at radius 2 is 1.65 bits per heavy atom. The van der Waals surface area contributed by atoms with Crippen LogP contribution in [0.3, 0.4) is 0 Å². The number of hydrogen-bond acceptors (Lipinski definition) is 6. The second kappa shape index (κ2) is 11.9. The van der Waals surface area contributed by atoms with Gasteiger partial charge in [-0.1, -0.05) is 12.1 Å². The Morgan fingerprint density at radius 3 is 2.32 bits per heavy atom. The molecule has 0 aliphatic carbocycles. The molecule has 9 nitrogen and oxygen atoms in total. The number of hydrazone groups is 1. The molecule has 34 heavy (non-hydrogen) atoms. The van der Waals surface area contributed by atoms with Crippen molar-refractivity contribution < 1.29 is 23.6 Å².